The summed E-state index contributed by atoms with van der Waals surface area (Å²) in [5.74, 6) is -1.26. The van der Waals surface area contributed by atoms with Gasteiger partial charge in [-0.3, -0.25) is 9.97 Å². The molecule has 200 valence electrons. The molecule has 2 aromatic heterocycles. The average molecular weight is 558 g/mol. The molecule has 0 amide bonds. The van der Waals surface area contributed by atoms with Gasteiger partial charge in [-0.05, 0) is 37.7 Å². The SMILES string of the molecule is CC(=O)[CH-]C(=O)c1ccccc1.CC(=O)[CH-]C(=O)c1ccccc1.[O-]c1ccccn1.[O-]c1ccccn1.[Ti]. The number of ketones is 4. The van der Waals surface area contributed by atoms with E-state index in [9.17, 15) is 29.4 Å². The molecule has 0 aliphatic rings. The van der Waals surface area contributed by atoms with Crippen LogP contribution in [-0.2, 0) is 31.3 Å². The van der Waals surface area contributed by atoms with Crippen molar-refractivity contribution < 1.29 is 51.1 Å². The summed E-state index contributed by atoms with van der Waals surface area (Å²) in [5, 5.41) is 20.3. The Labute approximate surface area is 242 Å². The quantitative estimate of drug-likeness (QED) is 0.151. The molecule has 0 N–H and O–H groups in total. The molecule has 0 aliphatic heterocycles. The van der Waals surface area contributed by atoms with Gasteiger partial charge in [-0.25, -0.2) is 0 Å². The van der Waals surface area contributed by atoms with Crippen molar-refractivity contribution in [2.45, 2.75) is 13.8 Å². The van der Waals surface area contributed by atoms with E-state index in [1.807, 2.05) is 12.1 Å². The van der Waals surface area contributed by atoms with Crippen LogP contribution in [0.5, 0.6) is 11.8 Å². The Bertz CT molecular complexity index is 1150. The second kappa shape index (κ2) is 20.5. The molecule has 0 bridgehead atoms. The molecule has 39 heavy (non-hydrogen) atoms. The number of rotatable bonds is 6. The maximum absolute atomic E-state index is 11.2. The predicted octanol–water partition coefficient (Wildman–Crippen LogP) is 3.63. The molecule has 0 spiro atoms. The number of aromatic nitrogens is 2. The van der Waals surface area contributed by atoms with Crippen LogP contribution in [0, 0.1) is 12.8 Å². The largest absolute Gasteiger partial charge is 0.859 e. The molecule has 0 fully saturated rings. The molecule has 0 radical (unpaired) electrons. The monoisotopic (exact) mass is 558 g/mol. The molecule has 0 saturated carbocycles. The van der Waals surface area contributed by atoms with Gasteiger partial charge >= 0.3 is 0 Å². The molecule has 0 aliphatic carbocycles. The van der Waals surface area contributed by atoms with Crippen LogP contribution in [0.15, 0.2) is 109 Å². The third kappa shape index (κ3) is 17.5. The van der Waals surface area contributed by atoms with Crippen molar-refractivity contribution in [3.05, 3.63) is 133 Å². The second-order valence-electron chi connectivity index (χ2n) is 7.31. The number of Topliss-reactive ketones (excluding diaryl/α,β-unsaturated/α-hetero) is 4. The van der Waals surface area contributed by atoms with E-state index in [0.717, 1.165) is 12.8 Å². The van der Waals surface area contributed by atoms with Gasteiger partial charge in [0.2, 0.25) is 0 Å². The summed E-state index contributed by atoms with van der Waals surface area (Å²) in [6, 6.07) is 27.0. The van der Waals surface area contributed by atoms with E-state index in [1.165, 1.54) is 38.4 Å². The van der Waals surface area contributed by atoms with E-state index in [4.69, 9.17) is 0 Å². The molecule has 0 unspecified atom stereocenters. The van der Waals surface area contributed by atoms with Crippen molar-refractivity contribution in [3.8, 4) is 11.8 Å². The molecule has 4 aromatic rings. The van der Waals surface area contributed by atoms with Crippen molar-refractivity contribution >= 4 is 23.1 Å². The van der Waals surface area contributed by atoms with Gasteiger partial charge in [-0.1, -0.05) is 60.7 Å². The van der Waals surface area contributed by atoms with Gasteiger partial charge in [-0.15, -0.1) is 48.2 Å². The van der Waals surface area contributed by atoms with Crippen molar-refractivity contribution in [3.63, 3.8) is 0 Å². The Morgan fingerprint density at radius 3 is 1.05 bits per heavy atom. The first-order valence-electron chi connectivity index (χ1n) is 11.2. The van der Waals surface area contributed by atoms with E-state index in [1.54, 1.807) is 72.8 Å². The van der Waals surface area contributed by atoms with Crippen LogP contribution in [-0.4, -0.2) is 33.1 Å². The number of nitrogens with zero attached hydrogens (tertiary/aromatic N) is 2. The molecule has 4 rings (SSSR count). The topological polar surface area (TPSA) is 140 Å². The number of benzene rings is 2. The maximum Gasteiger partial charge on any atom is 0.0768 e. The first-order chi connectivity index (χ1) is 18.2. The fourth-order valence-electron chi connectivity index (χ4n) is 2.43. The third-order valence-electron chi connectivity index (χ3n) is 4.06. The van der Waals surface area contributed by atoms with Crippen LogP contribution in [0.2, 0.25) is 0 Å². The zero-order valence-electron chi connectivity index (χ0n) is 21.4. The van der Waals surface area contributed by atoms with E-state index < -0.39 is 0 Å². The minimum atomic E-state index is -0.233. The Morgan fingerprint density at radius 2 is 0.846 bits per heavy atom. The van der Waals surface area contributed by atoms with Crippen molar-refractivity contribution in [1.82, 2.24) is 9.97 Å². The van der Waals surface area contributed by atoms with Crippen LogP contribution in [0.4, 0.5) is 0 Å². The van der Waals surface area contributed by atoms with Crippen molar-refractivity contribution in [2.24, 2.45) is 0 Å². The summed E-state index contributed by atoms with van der Waals surface area (Å²) in [7, 11) is 0. The van der Waals surface area contributed by atoms with Gasteiger partial charge in [-0.2, -0.15) is 0 Å². The predicted molar refractivity (Wildman–Crippen MR) is 139 cm³/mol. The molecular formula is C30H26N2O6Ti-4. The van der Waals surface area contributed by atoms with Gasteiger partial charge < -0.3 is 29.4 Å². The zero-order chi connectivity index (χ0) is 28.2. The minimum absolute atomic E-state index is 0. The van der Waals surface area contributed by atoms with Gasteiger partial charge in [0.25, 0.3) is 0 Å². The number of carbonyl (C=O) groups excluding carboxylic acids is 4. The fourth-order valence-corrected chi connectivity index (χ4v) is 2.43. The molecule has 0 saturated heterocycles. The minimum Gasteiger partial charge on any atom is -0.859 e. The van der Waals surface area contributed by atoms with Crippen LogP contribution in [0.1, 0.15) is 34.6 Å². The Balaban J connectivity index is 0.000000504. The number of carbonyl (C=O) groups is 4. The van der Waals surface area contributed by atoms with Crippen molar-refractivity contribution in [1.29, 1.82) is 0 Å². The Hall–Kier alpha value is -4.53. The van der Waals surface area contributed by atoms with Crippen LogP contribution in [0.3, 0.4) is 0 Å². The van der Waals surface area contributed by atoms with Crippen LogP contribution >= 0.6 is 0 Å². The van der Waals surface area contributed by atoms with Crippen LogP contribution < -0.4 is 10.2 Å². The molecular weight excluding hydrogens is 532 g/mol. The summed E-state index contributed by atoms with van der Waals surface area (Å²) >= 11 is 0. The number of hydrogen-bond donors (Lipinski definition) is 0. The Morgan fingerprint density at radius 1 is 0.538 bits per heavy atom. The maximum atomic E-state index is 11.2. The van der Waals surface area contributed by atoms with E-state index in [-0.39, 0.29) is 56.6 Å². The van der Waals surface area contributed by atoms with E-state index in [2.05, 4.69) is 9.97 Å². The standard InChI is InChI=1S/2C10H9O2.2C5H5NO.Ti/c2*1-8(11)7-10(12)9-5-3-2-4-6-9;2*7-5-3-1-2-4-6-5;/h2*2-7H,1H3;2*1-4H,(H,6,7);/q2*-1;;;/p-2. The fraction of sp³-hybridized carbons (Fsp3) is 0.0667. The number of hydrogen-bond acceptors (Lipinski definition) is 8. The summed E-state index contributed by atoms with van der Waals surface area (Å²) in [6.07, 6.45) is 5.13. The third-order valence-corrected chi connectivity index (χ3v) is 4.06. The normalized spacial score (nSPS) is 8.67. The van der Waals surface area contributed by atoms with E-state index >= 15 is 0 Å². The van der Waals surface area contributed by atoms with E-state index in [0.29, 0.717) is 11.1 Å². The number of pyridine rings is 2. The molecule has 9 heteroatoms. The van der Waals surface area contributed by atoms with Gasteiger partial charge in [0.1, 0.15) is 0 Å². The first-order valence-corrected chi connectivity index (χ1v) is 11.2. The van der Waals surface area contributed by atoms with Crippen LogP contribution in [0.25, 0.3) is 0 Å². The second-order valence-corrected chi connectivity index (χ2v) is 7.31. The molecule has 2 aromatic carbocycles. The first kappa shape index (κ1) is 34.5. The molecule has 0 atom stereocenters. The van der Waals surface area contributed by atoms with Gasteiger partial charge in [0, 0.05) is 45.7 Å². The van der Waals surface area contributed by atoms with Crippen molar-refractivity contribution in [2.75, 3.05) is 0 Å². The summed E-state index contributed by atoms with van der Waals surface area (Å²) in [4.78, 5) is 50.3. The van der Waals surface area contributed by atoms with Gasteiger partial charge in [0.15, 0.2) is 0 Å². The average Bonchev–Trinajstić information content (AvgIpc) is 2.91. The summed E-state index contributed by atoms with van der Waals surface area (Å²) < 4.78 is 0. The zero-order valence-corrected chi connectivity index (χ0v) is 23.0. The molecule has 2 heterocycles. The summed E-state index contributed by atoms with van der Waals surface area (Å²) in [6.45, 7) is 2.72. The smallest absolute Gasteiger partial charge is 0.0768 e. The Kier molecular flexibility index (Phi) is 18.1. The molecule has 8 nitrogen and oxygen atoms in total. The van der Waals surface area contributed by atoms with Gasteiger partial charge in [0.05, 0.1) is 11.6 Å². The summed E-state index contributed by atoms with van der Waals surface area (Å²) in [5.41, 5.74) is 1.10.